The van der Waals surface area contributed by atoms with E-state index in [0.717, 1.165) is 38.0 Å². The zero-order valence-corrected chi connectivity index (χ0v) is 13.8. The van der Waals surface area contributed by atoms with E-state index in [9.17, 15) is 4.79 Å². The van der Waals surface area contributed by atoms with Crippen molar-refractivity contribution in [1.82, 2.24) is 20.4 Å². The molecule has 6 nitrogen and oxygen atoms in total. The van der Waals surface area contributed by atoms with Gasteiger partial charge in [-0.15, -0.1) is 0 Å². The lowest BCUT2D eigenvalue weighted by atomic mass is 9.92. The van der Waals surface area contributed by atoms with Gasteiger partial charge in [-0.3, -0.25) is 4.68 Å². The van der Waals surface area contributed by atoms with E-state index >= 15 is 0 Å². The summed E-state index contributed by atoms with van der Waals surface area (Å²) in [6, 6.07) is 1.91. The molecule has 2 heterocycles. The Morgan fingerprint density at radius 1 is 1.43 bits per heavy atom. The van der Waals surface area contributed by atoms with Crippen LogP contribution in [0.5, 0.6) is 0 Å². The molecule has 0 spiro atoms. The van der Waals surface area contributed by atoms with E-state index in [1.807, 2.05) is 17.8 Å². The van der Waals surface area contributed by atoms with Gasteiger partial charge in [0.25, 0.3) is 0 Å². The molecule has 0 aromatic carbocycles. The van der Waals surface area contributed by atoms with E-state index < -0.39 is 0 Å². The zero-order valence-electron chi connectivity index (χ0n) is 13.8. The van der Waals surface area contributed by atoms with Crippen molar-refractivity contribution >= 4 is 6.03 Å². The molecule has 1 aromatic heterocycles. The molecule has 126 valence electrons. The van der Waals surface area contributed by atoms with Gasteiger partial charge in [0, 0.05) is 38.9 Å². The molecule has 1 aliphatic heterocycles. The molecule has 6 heteroatoms. The van der Waals surface area contributed by atoms with Gasteiger partial charge in [-0.1, -0.05) is 11.6 Å². The Labute approximate surface area is 137 Å². The van der Waals surface area contributed by atoms with Gasteiger partial charge in [0.2, 0.25) is 0 Å². The number of urea groups is 1. The van der Waals surface area contributed by atoms with E-state index in [4.69, 9.17) is 4.74 Å². The summed E-state index contributed by atoms with van der Waals surface area (Å²) in [4.78, 5) is 12.0. The number of ether oxygens (including phenoxy) is 1. The van der Waals surface area contributed by atoms with Crippen LogP contribution in [-0.2, 0) is 11.8 Å². The maximum Gasteiger partial charge on any atom is 0.315 e. The van der Waals surface area contributed by atoms with Gasteiger partial charge in [-0.05, 0) is 38.2 Å². The molecule has 3 rings (SSSR count). The molecule has 0 unspecified atom stereocenters. The number of aromatic nitrogens is 2. The summed E-state index contributed by atoms with van der Waals surface area (Å²) in [5.74, 6) is 0.288. The molecule has 2 atom stereocenters. The molecular formula is C17H26N4O2. The molecule has 0 saturated carbocycles. The van der Waals surface area contributed by atoms with Crippen molar-refractivity contribution in [3.8, 4) is 0 Å². The fraction of sp³-hybridized carbons (Fsp3) is 0.647. The average molecular weight is 318 g/mol. The lowest BCUT2D eigenvalue weighted by molar-refractivity contribution is -0.0314. The second-order valence-corrected chi connectivity index (χ2v) is 6.39. The lowest BCUT2D eigenvalue weighted by Crippen LogP contribution is -2.41. The van der Waals surface area contributed by atoms with Crippen LogP contribution in [0.1, 0.15) is 43.9 Å². The van der Waals surface area contributed by atoms with Crippen LogP contribution in [0.2, 0.25) is 0 Å². The summed E-state index contributed by atoms with van der Waals surface area (Å²) in [5, 5.41) is 10.2. The molecule has 1 saturated heterocycles. The minimum Gasteiger partial charge on any atom is -0.372 e. The molecule has 2 amide bonds. The van der Waals surface area contributed by atoms with Crippen LogP contribution in [0.25, 0.3) is 0 Å². The molecule has 1 fully saturated rings. The largest absolute Gasteiger partial charge is 0.372 e. The van der Waals surface area contributed by atoms with Crippen molar-refractivity contribution in [2.45, 2.75) is 38.2 Å². The fourth-order valence-corrected chi connectivity index (χ4v) is 3.42. The number of aryl methyl sites for hydroxylation is 1. The van der Waals surface area contributed by atoms with Crippen molar-refractivity contribution in [1.29, 1.82) is 0 Å². The number of amides is 2. The lowest BCUT2D eigenvalue weighted by Gasteiger charge is -2.32. The highest BCUT2D eigenvalue weighted by molar-refractivity contribution is 5.74. The number of carbonyl (C=O) groups is 1. The normalized spacial score (nSPS) is 24.3. The first-order valence-electron chi connectivity index (χ1n) is 8.53. The van der Waals surface area contributed by atoms with Crippen LogP contribution in [0, 0.1) is 5.92 Å². The molecule has 1 aromatic rings. The standard InChI is InChI=1S/C17H26N4O2/c1-21-15(8-9-20-21)16-14(7-4-10-23-16)12-19-17(22)18-11-13-5-2-3-6-13/h5,8-9,14,16H,2-4,6-7,10-12H2,1H3,(H2,18,19,22)/t14-,16+/m0/s1. The minimum absolute atomic E-state index is 0.00842. The Kier molecular flexibility index (Phi) is 5.33. The number of carbonyl (C=O) groups excluding carboxylic acids is 1. The van der Waals surface area contributed by atoms with Gasteiger partial charge >= 0.3 is 6.03 Å². The molecule has 0 bridgehead atoms. The third kappa shape index (κ3) is 4.13. The summed E-state index contributed by atoms with van der Waals surface area (Å²) < 4.78 is 7.80. The van der Waals surface area contributed by atoms with Gasteiger partial charge in [0.1, 0.15) is 6.10 Å². The number of hydrogen-bond donors (Lipinski definition) is 2. The van der Waals surface area contributed by atoms with Gasteiger partial charge in [-0.25, -0.2) is 4.79 Å². The number of hydrogen-bond acceptors (Lipinski definition) is 3. The Bertz CT molecular complexity index is 567. The van der Waals surface area contributed by atoms with Crippen LogP contribution in [0.4, 0.5) is 4.79 Å². The molecule has 0 radical (unpaired) electrons. The van der Waals surface area contributed by atoms with E-state index in [1.165, 1.54) is 12.0 Å². The highest BCUT2D eigenvalue weighted by atomic mass is 16.5. The number of allylic oxidation sites excluding steroid dienone is 1. The van der Waals surface area contributed by atoms with E-state index in [1.54, 1.807) is 6.20 Å². The SMILES string of the molecule is Cn1nccc1[C@@H]1OCCC[C@H]1CNC(=O)NCC1=CCCC1. The van der Waals surface area contributed by atoms with Crippen molar-refractivity contribution in [2.24, 2.45) is 13.0 Å². The topological polar surface area (TPSA) is 68.2 Å². The highest BCUT2D eigenvalue weighted by Crippen LogP contribution is 2.32. The van der Waals surface area contributed by atoms with Crippen molar-refractivity contribution < 1.29 is 9.53 Å². The van der Waals surface area contributed by atoms with Crippen LogP contribution in [0.15, 0.2) is 23.9 Å². The smallest absolute Gasteiger partial charge is 0.315 e. The summed E-state index contributed by atoms with van der Waals surface area (Å²) in [5.41, 5.74) is 2.42. The van der Waals surface area contributed by atoms with Crippen molar-refractivity contribution in [2.75, 3.05) is 19.7 Å². The van der Waals surface area contributed by atoms with Gasteiger partial charge in [0.15, 0.2) is 0 Å². The van der Waals surface area contributed by atoms with Crippen LogP contribution in [0.3, 0.4) is 0 Å². The number of rotatable bonds is 5. The summed E-state index contributed by atoms with van der Waals surface area (Å²) >= 11 is 0. The molecule has 23 heavy (non-hydrogen) atoms. The summed E-state index contributed by atoms with van der Waals surface area (Å²) in [7, 11) is 1.93. The monoisotopic (exact) mass is 318 g/mol. The second kappa shape index (κ2) is 7.64. The minimum atomic E-state index is -0.0906. The van der Waals surface area contributed by atoms with Crippen molar-refractivity contribution in [3.63, 3.8) is 0 Å². The van der Waals surface area contributed by atoms with Crippen LogP contribution >= 0.6 is 0 Å². The van der Waals surface area contributed by atoms with Crippen LogP contribution in [-0.4, -0.2) is 35.5 Å². The van der Waals surface area contributed by atoms with Gasteiger partial charge < -0.3 is 15.4 Å². The van der Waals surface area contributed by atoms with E-state index in [-0.39, 0.29) is 18.1 Å². The highest BCUT2D eigenvalue weighted by Gasteiger charge is 2.29. The first-order chi connectivity index (χ1) is 11.2. The predicted octanol–water partition coefficient (Wildman–Crippen LogP) is 2.30. The Hall–Kier alpha value is -1.82. The molecule has 2 aliphatic rings. The Morgan fingerprint density at radius 3 is 3.09 bits per heavy atom. The third-order valence-corrected chi connectivity index (χ3v) is 4.73. The van der Waals surface area contributed by atoms with E-state index in [2.05, 4.69) is 21.8 Å². The van der Waals surface area contributed by atoms with Gasteiger partial charge in [0.05, 0.1) is 5.69 Å². The van der Waals surface area contributed by atoms with Crippen molar-refractivity contribution in [3.05, 3.63) is 29.6 Å². The third-order valence-electron chi connectivity index (χ3n) is 4.73. The number of nitrogens with one attached hydrogen (secondary N) is 2. The maximum absolute atomic E-state index is 12.0. The maximum atomic E-state index is 12.0. The second-order valence-electron chi connectivity index (χ2n) is 6.39. The molecular weight excluding hydrogens is 292 g/mol. The first kappa shape index (κ1) is 16.1. The Balaban J connectivity index is 1.49. The zero-order chi connectivity index (χ0) is 16.1. The predicted molar refractivity (Wildman–Crippen MR) is 88.0 cm³/mol. The molecule has 2 N–H and O–H groups in total. The summed E-state index contributed by atoms with van der Waals surface area (Å²) in [6.07, 6.45) is 9.59. The molecule has 1 aliphatic carbocycles. The van der Waals surface area contributed by atoms with E-state index in [0.29, 0.717) is 13.1 Å². The quantitative estimate of drug-likeness (QED) is 0.819. The van der Waals surface area contributed by atoms with Crippen LogP contribution < -0.4 is 10.6 Å². The Morgan fingerprint density at radius 2 is 2.35 bits per heavy atom. The summed E-state index contributed by atoms with van der Waals surface area (Å²) in [6.45, 7) is 2.06. The fourth-order valence-electron chi connectivity index (χ4n) is 3.42. The number of nitrogens with zero attached hydrogens (tertiary/aromatic N) is 2. The average Bonchev–Trinajstić information content (AvgIpc) is 3.22. The first-order valence-corrected chi connectivity index (χ1v) is 8.53. The van der Waals surface area contributed by atoms with Gasteiger partial charge in [-0.2, -0.15) is 5.10 Å².